The smallest absolute Gasteiger partial charge is 0.303 e. The highest BCUT2D eigenvalue weighted by Crippen LogP contribution is 2.67. The van der Waals surface area contributed by atoms with E-state index >= 15 is 0 Å². The van der Waals surface area contributed by atoms with Gasteiger partial charge in [-0.2, -0.15) is 0 Å². The molecule has 0 heterocycles. The van der Waals surface area contributed by atoms with Crippen LogP contribution in [0, 0.1) is 46.3 Å². The van der Waals surface area contributed by atoms with Crippen molar-refractivity contribution >= 4 is 11.9 Å². The Morgan fingerprint density at radius 3 is 2.46 bits per heavy atom. The van der Waals surface area contributed by atoms with Gasteiger partial charge in [0.15, 0.2) is 0 Å². The molecule has 0 bridgehead atoms. The van der Waals surface area contributed by atoms with E-state index in [0.717, 1.165) is 44.1 Å². The Balaban J connectivity index is 1.66. The number of esters is 2. The van der Waals surface area contributed by atoms with Crippen LogP contribution < -0.4 is 0 Å². The molecule has 208 valence electrons. The van der Waals surface area contributed by atoms with E-state index in [2.05, 4.69) is 40.3 Å². The van der Waals surface area contributed by atoms with E-state index in [1.807, 2.05) is 0 Å². The summed E-state index contributed by atoms with van der Waals surface area (Å²) < 4.78 is 11.8. The number of hydrogen-bond acceptors (Lipinski definition) is 5. The maximum absolute atomic E-state index is 12.3. The van der Waals surface area contributed by atoms with Crippen LogP contribution in [0.1, 0.15) is 99.3 Å². The number of aliphatic hydroxyl groups is 1. The van der Waals surface area contributed by atoms with Crippen molar-refractivity contribution in [3.05, 3.63) is 23.8 Å². The van der Waals surface area contributed by atoms with Gasteiger partial charge in [-0.05, 0) is 98.9 Å². The highest BCUT2D eigenvalue weighted by atomic mass is 16.5. The predicted octanol–water partition coefficient (Wildman–Crippen LogP) is 6.64. The molecule has 0 radical (unpaired) electrons. The first-order valence-electron chi connectivity index (χ1n) is 14.8. The molecule has 9 unspecified atom stereocenters. The maximum atomic E-state index is 12.3. The first kappa shape index (κ1) is 28.4. The number of fused-ring (bicyclic) bond motifs is 5. The van der Waals surface area contributed by atoms with E-state index in [0.29, 0.717) is 36.7 Å². The number of rotatable bonds is 8. The summed E-state index contributed by atoms with van der Waals surface area (Å²) in [5.41, 5.74) is 2.44. The average Bonchev–Trinajstić information content (AvgIpc) is 3.18. The van der Waals surface area contributed by atoms with Crippen molar-refractivity contribution in [3.8, 4) is 0 Å². The molecule has 0 aromatic carbocycles. The van der Waals surface area contributed by atoms with Gasteiger partial charge in [-0.15, -0.1) is 0 Å². The number of carbonyl (C=O) groups excluding carboxylic acids is 2. The Bertz CT molecular complexity index is 920. The van der Waals surface area contributed by atoms with Gasteiger partial charge in [-0.1, -0.05) is 45.4 Å². The Morgan fingerprint density at radius 1 is 1.08 bits per heavy atom. The Hall–Kier alpha value is -1.62. The molecule has 5 nitrogen and oxygen atoms in total. The van der Waals surface area contributed by atoms with Crippen LogP contribution in [0.15, 0.2) is 23.8 Å². The topological polar surface area (TPSA) is 72.8 Å². The normalized spacial score (nSPS) is 39.6. The third kappa shape index (κ3) is 5.31. The number of aliphatic hydroxyl groups excluding tert-OH is 1. The van der Waals surface area contributed by atoms with E-state index in [-0.39, 0.29) is 40.7 Å². The first-order chi connectivity index (χ1) is 17.4. The summed E-state index contributed by atoms with van der Waals surface area (Å²) in [7, 11) is 0. The molecule has 9 atom stereocenters. The summed E-state index contributed by atoms with van der Waals surface area (Å²) in [5.74, 6) is 2.29. The summed E-state index contributed by atoms with van der Waals surface area (Å²) in [6.07, 6.45) is 10.5. The molecule has 0 aliphatic heterocycles. The molecule has 37 heavy (non-hydrogen) atoms. The highest BCUT2D eigenvalue weighted by Gasteiger charge is 2.63. The van der Waals surface area contributed by atoms with Crippen LogP contribution in [0.5, 0.6) is 0 Å². The van der Waals surface area contributed by atoms with Crippen LogP contribution in [0.2, 0.25) is 0 Å². The molecule has 0 saturated heterocycles. The van der Waals surface area contributed by atoms with Crippen LogP contribution in [-0.2, 0) is 19.1 Å². The third-order valence-electron chi connectivity index (χ3n) is 11.1. The van der Waals surface area contributed by atoms with Gasteiger partial charge in [0.25, 0.3) is 0 Å². The fraction of sp³-hybridized carbons (Fsp3) is 0.812. The zero-order valence-electron chi connectivity index (χ0n) is 24.1. The van der Waals surface area contributed by atoms with Gasteiger partial charge in [0, 0.05) is 25.2 Å². The van der Waals surface area contributed by atoms with Crippen LogP contribution in [0.3, 0.4) is 0 Å². The molecule has 0 aromatic heterocycles. The fourth-order valence-corrected chi connectivity index (χ4v) is 9.09. The molecule has 3 fully saturated rings. The fourth-order valence-electron chi connectivity index (χ4n) is 9.09. The second kappa shape index (κ2) is 10.9. The Morgan fingerprint density at radius 2 is 1.81 bits per heavy atom. The molecule has 1 N–H and O–H groups in total. The van der Waals surface area contributed by atoms with E-state index in [1.54, 1.807) is 0 Å². The quantitative estimate of drug-likeness (QED) is 0.290. The van der Waals surface area contributed by atoms with Gasteiger partial charge in [-0.25, -0.2) is 0 Å². The Labute approximate surface area is 224 Å². The van der Waals surface area contributed by atoms with E-state index < -0.39 is 6.10 Å². The van der Waals surface area contributed by atoms with Crippen LogP contribution >= 0.6 is 0 Å². The number of ether oxygens (including phenoxy) is 2. The molecular weight excluding hydrogens is 464 g/mol. The van der Waals surface area contributed by atoms with E-state index in [4.69, 9.17) is 9.47 Å². The molecular formula is C32H50O5. The van der Waals surface area contributed by atoms with Crippen molar-refractivity contribution in [2.75, 3.05) is 6.61 Å². The molecule has 4 rings (SSSR count). The van der Waals surface area contributed by atoms with Crippen LogP contribution in [0.4, 0.5) is 0 Å². The van der Waals surface area contributed by atoms with Crippen LogP contribution in [0.25, 0.3) is 0 Å². The molecule has 4 aliphatic rings. The minimum absolute atomic E-state index is 0.209. The van der Waals surface area contributed by atoms with E-state index in [9.17, 15) is 14.7 Å². The van der Waals surface area contributed by atoms with Gasteiger partial charge in [0.2, 0.25) is 0 Å². The van der Waals surface area contributed by atoms with Crippen molar-refractivity contribution in [2.45, 2.75) is 112 Å². The average molecular weight is 515 g/mol. The lowest BCUT2D eigenvalue weighted by Crippen LogP contribution is -2.57. The van der Waals surface area contributed by atoms with E-state index in [1.165, 1.54) is 32.3 Å². The first-order valence-corrected chi connectivity index (χ1v) is 14.8. The summed E-state index contributed by atoms with van der Waals surface area (Å²) >= 11 is 0. The lowest BCUT2D eigenvalue weighted by atomic mass is 9.46. The van der Waals surface area contributed by atoms with Crippen molar-refractivity contribution < 1.29 is 24.2 Å². The molecule has 5 heteroatoms. The van der Waals surface area contributed by atoms with Gasteiger partial charge < -0.3 is 14.6 Å². The lowest BCUT2D eigenvalue weighted by molar-refractivity contribution is -0.165. The van der Waals surface area contributed by atoms with Crippen molar-refractivity contribution in [1.29, 1.82) is 0 Å². The third-order valence-corrected chi connectivity index (χ3v) is 11.1. The molecule has 0 amide bonds. The zero-order chi connectivity index (χ0) is 27.1. The summed E-state index contributed by atoms with van der Waals surface area (Å²) in [5, 5.41) is 10.6. The van der Waals surface area contributed by atoms with Gasteiger partial charge >= 0.3 is 11.9 Å². The molecule has 4 aliphatic carbocycles. The second-order valence-electron chi connectivity index (χ2n) is 13.4. The molecule has 3 saturated carbocycles. The lowest BCUT2D eigenvalue weighted by Gasteiger charge is -2.60. The number of hydrogen-bond donors (Lipinski definition) is 1. The van der Waals surface area contributed by atoms with Gasteiger partial charge in [-0.3, -0.25) is 9.59 Å². The standard InChI is InChI=1S/C32H50O5/c1-19(2)20(3)8-9-21(4)26-10-11-27-30-28(13-14-31(26,27)7)32(18-36-22(5)33)15-12-25(35)16-24(32)17-29(30)37-23(6)34/h17,19,21,25-30,35H,3,8-16,18H2,1-2,4-7H3. The minimum Gasteiger partial charge on any atom is -0.465 e. The summed E-state index contributed by atoms with van der Waals surface area (Å²) in [6.45, 7) is 17.1. The maximum Gasteiger partial charge on any atom is 0.303 e. The number of carbonyl (C=O) groups is 2. The second-order valence-corrected chi connectivity index (χ2v) is 13.4. The zero-order valence-corrected chi connectivity index (χ0v) is 24.1. The Kier molecular flexibility index (Phi) is 8.34. The summed E-state index contributed by atoms with van der Waals surface area (Å²) in [4.78, 5) is 24.2. The summed E-state index contributed by atoms with van der Waals surface area (Å²) in [6, 6.07) is 0. The van der Waals surface area contributed by atoms with Crippen molar-refractivity contribution in [3.63, 3.8) is 0 Å². The molecule has 0 aromatic rings. The van der Waals surface area contributed by atoms with Crippen molar-refractivity contribution in [2.24, 2.45) is 46.3 Å². The largest absolute Gasteiger partial charge is 0.465 e. The predicted molar refractivity (Wildman–Crippen MR) is 145 cm³/mol. The van der Waals surface area contributed by atoms with Crippen LogP contribution in [-0.4, -0.2) is 35.9 Å². The van der Waals surface area contributed by atoms with Gasteiger partial charge in [0.05, 0.1) is 6.10 Å². The number of allylic oxidation sites excluding steroid dienone is 1. The molecule has 0 spiro atoms. The monoisotopic (exact) mass is 514 g/mol. The van der Waals surface area contributed by atoms with Crippen molar-refractivity contribution in [1.82, 2.24) is 0 Å². The van der Waals surface area contributed by atoms with Gasteiger partial charge in [0.1, 0.15) is 12.7 Å². The SMILES string of the molecule is C=C(CCC(C)C1CCC2C3C(OC(C)=O)C=C4CC(O)CCC4(COC(C)=O)C3CCC12C)C(C)C. The minimum atomic E-state index is -0.391. The highest BCUT2D eigenvalue weighted by molar-refractivity contribution is 5.67.